The summed E-state index contributed by atoms with van der Waals surface area (Å²) in [6.07, 6.45) is 5.52. The molecule has 0 bridgehead atoms. The maximum absolute atomic E-state index is 6.24. The van der Waals surface area contributed by atoms with Crippen LogP contribution in [0.25, 0.3) is 0 Å². The summed E-state index contributed by atoms with van der Waals surface area (Å²) in [7, 11) is 1.93. The molecule has 13 heavy (non-hydrogen) atoms. The highest BCUT2D eigenvalue weighted by Crippen LogP contribution is 2.51. The lowest BCUT2D eigenvalue weighted by atomic mass is 10.1. The molecule has 1 aliphatic carbocycles. The molecular weight excluding hydrogens is 162 g/mol. The zero-order valence-corrected chi connectivity index (χ0v) is 8.33. The van der Waals surface area contributed by atoms with E-state index >= 15 is 0 Å². The summed E-state index contributed by atoms with van der Waals surface area (Å²) in [5, 5.41) is 4.37. The second-order valence-corrected chi connectivity index (χ2v) is 4.10. The summed E-state index contributed by atoms with van der Waals surface area (Å²) < 4.78 is 1.82. The van der Waals surface area contributed by atoms with Crippen LogP contribution in [0.1, 0.15) is 31.9 Å². The van der Waals surface area contributed by atoms with Gasteiger partial charge in [0.25, 0.3) is 0 Å². The van der Waals surface area contributed by atoms with Crippen LogP contribution in [-0.2, 0) is 12.6 Å². The maximum Gasteiger partial charge on any atom is 0.0826 e. The molecule has 1 aromatic rings. The number of hydrogen-bond donors (Lipinski definition) is 1. The Kier molecular flexibility index (Phi) is 1.91. The van der Waals surface area contributed by atoms with Crippen LogP contribution in [0.2, 0.25) is 0 Å². The molecule has 3 nitrogen and oxygen atoms in total. The molecule has 2 unspecified atom stereocenters. The maximum atomic E-state index is 6.24. The molecule has 2 atom stereocenters. The van der Waals surface area contributed by atoms with Gasteiger partial charge < -0.3 is 5.73 Å². The summed E-state index contributed by atoms with van der Waals surface area (Å²) in [5.74, 6) is 0.660. The second kappa shape index (κ2) is 2.84. The molecule has 0 spiro atoms. The Bertz CT molecular complexity index is 305. The summed E-state index contributed by atoms with van der Waals surface area (Å²) in [5.41, 5.74) is 7.20. The first-order chi connectivity index (χ1) is 6.16. The number of rotatable bonds is 3. The van der Waals surface area contributed by atoms with Crippen LogP contribution < -0.4 is 5.73 Å². The Morgan fingerprint density at radius 2 is 2.54 bits per heavy atom. The zero-order valence-electron chi connectivity index (χ0n) is 8.33. The van der Waals surface area contributed by atoms with Crippen molar-refractivity contribution in [3.05, 3.63) is 18.0 Å². The van der Waals surface area contributed by atoms with Gasteiger partial charge in [-0.1, -0.05) is 13.3 Å². The van der Waals surface area contributed by atoms with Gasteiger partial charge in [0, 0.05) is 13.2 Å². The van der Waals surface area contributed by atoms with Gasteiger partial charge in [0.2, 0.25) is 0 Å². The van der Waals surface area contributed by atoms with E-state index in [4.69, 9.17) is 5.73 Å². The molecule has 1 fully saturated rings. The fourth-order valence-electron chi connectivity index (χ4n) is 2.03. The molecule has 0 saturated heterocycles. The highest BCUT2D eigenvalue weighted by molar-refractivity contribution is 5.24. The van der Waals surface area contributed by atoms with E-state index in [1.807, 2.05) is 24.0 Å². The van der Waals surface area contributed by atoms with Crippen LogP contribution in [0.3, 0.4) is 0 Å². The smallest absolute Gasteiger partial charge is 0.0826 e. The van der Waals surface area contributed by atoms with E-state index in [9.17, 15) is 0 Å². The third-order valence-electron chi connectivity index (χ3n) is 2.98. The molecule has 3 heteroatoms. The summed E-state index contributed by atoms with van der Waals surface area (Å²) in [4.78, 5) is 0. The van der Waals surface area contributed by atoms with Crippen molar-refractivity contribution in [2.75, 3.05) is 0 Å². The van der Waals surface area contributed by atoms with Crippen molar-refractivity contribution in [2.24, 2.45) is 18.7 Å². The normalized spacial score (nSPS) is 32.1. The van der Waals surface area contributed by atoms with Crippen molar-refractivity contribution in [2.45, 2.75) is 31.7 Å². The van der Waals surface area contributed by atoms with E-state index in [0.717, 1.165) is 12.1 Å². The van der Waals surface area contributed by atoms with Crippen molar-refractivity contribution < 1.29 is 0 Å². The van der Waals surface area contributed by atoms with Crippen molar-refractivity contribution in [1.29, 1.82) is 0 Å². The first kappa shape index (κ1) is 8.75. The SMILES string of the molecule is CCCC1CC1(N)c1ccn(C)n1. The molecule has 0 radical (unpaired) electrons. The number of nitrogens with two attached hydrogens (primary N) is 1. The van der Waals surface area contributed by atoms with Gasteiger partial charge in [-0.2, -0.15) is 5.10 Å². The van der Waals surface area contributed by atoms with E-state index in [0.29, 0.717) is 5.92 Å². The van der Waals surface area contributed by atoms with Gasteiger partial charge in [0.1, 0.15) is 0 Å². The van der Waals surface area contributed by atoms with Crippen LogP contribution in [0.15, 0.2) is 12.3 Å². The van der Waals surface area contributed by atoms with Crippen LogP contribution >= 0.6 is 0 Å². The molecule has 72 valence electrons. The number of nitrogens with zero attached hydrogens (tertiary/aromatic N) is 2. The molecular formula is C10H17N3. The van der Waals surface area contributed by atoms with E-state index in [-0.39, 0.29) is 5.54 Å². The van der Waals surface area contributed by atoms with Gasteiger partial charge in [-0.05, 0) is 24.8 Å². The van der Waals surface area contributed by atoms with Gasteiger partial charge in [0.05, 0.1) is 11.2 Å². The molecule has 0 aromatic carbocycles. The Labute approximate surface area is 78.9 Å². The first-order valence-electron chi connectivity index (χ1n) is 4.96. The van der Waals surface area contributed by atoms with E-state index in [1.54, 1.807) is 0 Å². The summed E-state index contributed by atoms with van der Waals surface area (Å²) in [6.45, 7) is 2.21. The Balaban J connectivity index is 2.11. The molecule has 1 aromatic heterocycles. The average Bonchev–Trinajstić information content (AvgIpc) is 2.57. The number of aromatic nitrogens is 2. The van der Waals surface area contributed by atoms with Crippen LogP contribution in [0.5, 0.6) is 0 Å². The van der Waals surface area contributed by atoms with Crippen molar-refractivity contribution >= 4 is 0 Å². The van der Waals surface area contributed by atoms with Crippen molar-refractivity contribution in [1.82, 2.24) is 9.78 Å². The van der Waals surface area contributed by atoms with Crippen LogP contribution in [0.4, 0.5) is 0 Å². The molecule has 2 N–H and O–H groups in total. The third kappa shape index (κ3) is 1.37. The zero-order chi connectivity index (χ0) is 9.47. The Morgan fingerprint density at radius 3 is 3.08 bits per heavy atom. The topological polar surface area (TPSA) is 43.8 Å². The lowest BCUT2D eigenvalue weighted by molar-refractivity contribution is 0.560. The molecule has 1 aliphatic rings. The highest BCUT2D eigenvalue weighted by Gasteiger charge is 2.52. The quantitative estimate of drug-likeness (QED) is 0.762. The minimum atomic E-state index is -0.0999. The summed E-state index contributed by atoms with van der Waals surface area (Å²) in [6, 6.07) is 2.04. The van der Waals surface area contributed by atoms with Gasteiger partial charge in [-0.15, -0.1) is 0 Å². The van der Waals surface area contributed by atoms with Crippen LogP contribution in [-0.4, -0.2) is 9.78 Å². The predicted octanol–water partition coefficient (Wildman–Crippen LogP) is 1.39. The number of hydrogen-bond acceptors (Lipinski definition) is 2. The Morgan fingerprint density at radius 1 is 1.77 bits per heavy atom. The second-order valence-electron chi connectivity index (χ2n) is 4.10. The fourth-order valence-corrected chi connectivity index (χ4v) is 2.03. The van der Waals surface area contributed by atoms with Gasteiger partial charge in [0.15, 0.2) is 0 Å². The summed E-state index contributed by atoms with van der Waals surface area (Å²) >= 11 is 0. The van der Waals surface area contributed by atoms with Gasteiger partial charge in [-0.3, -0.25) is 4.68 Å². The van der Waals surface area contributed by atoms with E-state index < -0.39 is 0 Å². The van der Waals surface area contributed by atoms with Crippen LogP contribution in [0, 0.1) is 5.92 Å². The predicted molar refractivity (Wildman–Crippen MR) is 52.1 cm³/mol. The minimum Gasteiger partial charge on any atom is -0.320 e. The van der Waals surface area contributed by atoms with Gasteiger partial charge in [-0.25, -0.2) is 0 Å². The molecule has 0 amide bonds. The molecule has 1 heterocycles. The Hall–Kier alpha value is -0.830. The molecule has 1 saturated carbocycles. The standard InChI is InChI=1S/C10H17N3/c1-3-4-8-7-10(8,11)9-5-6-13(2)12-9/h5-6,8H,3-4,7,11H2,1-2H3. The highest BCUT2D eigenvalue weighted by atomic mass is 15.3. The molecule has 2 rings (SSSR count). The monoisotopic (exact) mass is 179 g/mol. The van der Waals surface area contributed by atoms with Crippen molar-refractivity contribution in [3.63, 3.8) is 0 Å². The van der Waals surface area contributed by atoms with E-state index in [2.05, 4.69) is 12.0 Å². The number of aryl methyl sites for hydroxylation is 1. The minimum absolute atomic E-state index is 0.0999. The lowest BCUT2D eigenvalue weighted by Gasteiger charge is -2.06. The largest absolute Gasteiger partial charge is 0.320 e. The molecule has 0 aliphatic heterocycles. The first-order valence-corrected chi connectivity index (χ1v) is 4.96. The van der Waals surface area contributed by atoms with E-state index in [1.165, 1.54) is 12.8 Å². The average molecular weight is 179 g/mol. The fraction of sp³-hybridized carbons (Fsp3) is 0.700. The van der Waals surface area contributed by atoms with Gasteiger partial charge >= 0.3 is 0 Å². The lowest BCUT2D eigenvalue weighted by Crippen LogP contribution is -2.23. The third-order valence-corrected chi connectivity index (χ3v) is 2.98. The van der Waals surface area contributed by atoms with Crippen molar-refractivity contribution in [3.8, 4) is 0 Å².